The van der Waals surface area contributed by atoms with Gasteiger partial charge in [-0.3, -0.25) is 14.4 Å². The van der Waals surface area contributed by atoms with Crippen LogP contribution in [0.15, 0.2) is 12.0 Å². The lowest BCUT2D eigenvalue weighted by Gasteiger charge is -2.00. The Morgan fingerprint density at radius 2 is 1.71 bits per heavy atom. The van der Waals surface area contributed by atoms with Crippen LogP contribution < -0.4 is 0 Å². The largest absolute Gasteiger partial charge is 0.430 e. The number of ether oxygens (including phenoxy) is 2. The fraction of sp³-hybridized carbons (Fsp3) is 0.444. The quantitative estimate of drug-likeness (QED) is 0.286. The summed E-state index contributed by atoms with van der Waals surface area (Å²) in [5, 5.41) is 0. The van der Waals surface area contributed by atoms with Crippen LogP contribution >= 0.6 is 0 Å². The van der Waals surface area contributed by atoms with Gasteiger partial charge in [0.05, 0.1) is 0 Å². The van der Waals surface area contributed by atoms with Gasteiger partial charge in [0.25, 0.3) is 0 Å². The summed E-state index contributed by atoms with van der Waals surface area (Å²) in [4.78, 5) is 31.7. The molecule has 0 aromatic heterocycles. The predicted molar refractivity (Wildman–Crippen MR) is 46.9 cm³/mol. The summed E-state index contributed by atoms with van der Waals surface area (Å²) >= 11 is 0. The highest BCUT2D eigenvalue weighted by Crippen LogP contribution is 1.98. The highest BCUT2D eigenvalue weighted by atomic mass is 16.6. The molecule has 0 N–H and O–H groups in total. The summed E-state index contributed by atoms with van der Waals surface area (Å²) in [7, 11) is 0. The number of carbonyl (C=O) groups is 3. The number of carbonyl (C=O) groups excluding carboxylic acids is 3. The van der Waals surface area contributed by atoms with E-state index >= 15 is 0 Å². The molecule has 0 unspecified atom stereocenters. The topological polar surface area (TPSA) is 69.7 Å². The second-order valence-electron chi connectivity index (χ2n) is 2.31. The van der Waals surface area contributed by atoms with Gasteiger partial charge in [0.1, 0.15) is 6.26 Å². The number of hydrogen-bond acceptors (Lipinski definition) is 5. The zero-order valence-corrected chi connectivity index (χ0v) is 8.11. The molecule has 5 nitrogen and oxygen atoms in total. The fourth-order valence-electron chi connectivity index (χ4n) is 0.487. The zero-order chi connectivity index (χ0) is 11.0. The minimum atomic E-state index is -0.559. The SMILES string of the molecule is CCC(=O)O/C=C(/C=O)OC(=O)CC. The maximum Gasteiger partial charge on any atom is 0.311 e. The zero-order valence-electron chi connectivity index (χ0n) is 8.11. The van der Waals surface area contributed by atoms with Gasteiger partial charge >= 0.3 is 11.9 Å². The van der Waals surface area contributed by atoms with Crippen molar-refractivity contribution in [1.82, 2.24) is 0 Å². The molecule has 14 heavy (non-hydrogen) atoms. The normalized spacial score (nSPS) is 10.6. The molecule has 5 heteroatoms. The van der Waals surface area contributed by atoms with Crippen molar-refractivity contribution in [3.8, 4) is 0 Å². The van der Waals surface area contributed by atoms with E-state index in [-0.39, 0.29) is 18.6 Å². The van der Waals surface area contributed by atoms with Crippen LogP contribution in [0.3, 0.4) is 0 Å². The van der Waals surface area contributed by atoms with Gasteiger partial charge in [0, 0.05) is 12.8 Å². The molecular weight excluding hydrogens is 188 g/mol. The summed E-state index contributed by atoms with van der Waals surface area (Å²) in [6.07, 6.45) is 1.46. The second-order valence-corrected chi connectivity index (χ2v) is 2.31. The lowest BCUT2D eigenvalue weighted by molar-refractivity contribution is -0.143. The van der Waals surface area contributed by atoms with E-state index in [1.165, 1.54) is 0 Å². The van der Waals surface area contributed by atoms with Gasteiger partial charge in [-0.1, -0.05) is 13.8 Å². The Balaban J connectivity index is 4.18. The Labute approximate surface area is 81.7 Å². The smallest absolute Gasteiger partial charge is 0.311 e. The van der Waals surface area contributed by atoms with Crippen LogP contribution in [-0.2, 0) is 23.9 Å². The maximum atomic E-state index is 10.7. The first kappa shape index (κ1) is 12.3. The van der Waals surface area contributed by atoms with Crippen LogP contribution in [-0.4, -0.2) is 18.2 Å². The van der Waals surface area contributed by atoms with E-state index in [2.05, 4.69) is 9.47 Å². The highest BCUT2D eigenvalue weighted by molar-refractivity contribution is 5.79. The third-order valence-electron chi connectivity index (χ3n) is 1.23. The van der Waals surface area contributed by atoms with Gasteiger partial charge < -0.3 is 9.47 Å². The first-order chi connectivity index (χ1) is 6.63. The van der Waals surface area contributed by atoms with Crippen molar-refractivity contribution in [2.45, 2.75) is 26.7 Å². The molecule has 0 aromatic rings. The fourth-order valence-corrected chi connectivity index (χ4v) is 0.487. The highest BCUT2D eigenvalue weighted by Gasteiger charge is 2.05. The lowest BCUT2D eigenvalue weighted by Crippen LogP contribution is -2.05. The summed E-state index contributed by atoms with van der Waals surface area (Å²) in [5.74, 6) is -1.37. The minimum absolute atomic E-state index is 0.146. The number of rotatable bonds is 5. The third kappa shape index (κ3) is 5.08. The summed E-state index contributed by atoms with van der Waals surface area (Å²) < 4.78 is 9.00. The van der Waals surface area contributed by atoms with Gasteiger partial charge in [-0.15, -0.1) is 0 Å². The van der Waals surface area contributed by atoms with Gasteiger partial charge in [-0.25, -0.2) is 0 Å². The van der Waals surface area contributed by atoms with E-state index in [0.717, 1.165) is 6.26 Å². The number of allylic oxidation sites excluding steroid dienone is 1. The van der Waals surface area contributed by atoms with Crippen molar-refractivity contribution in [1.29, 1.82) is 0 Å². The van der Waals surface area contributed by atoms with Crippen LogP contribution in [0.1, 0.15) is 26.7 Å². The van der Waals surface area contributed by atoms with Crippen molar-refractivity contribution in [3.63, 3.8) is 0 Å². The van der Waals surface area contributed by atoms with Gasteiger partial charge in [-0.2, -0.15) is 0 Å². The molecule has 0 bridgehead atoms. The first-order valence-corrected chi connectivity index (χ1v) is 4.19. The molecule has 0 fully saturated rings. The van der Waals surface area contributed by atoms with E-state index in [4.69, 9.17) is 0 Å². The van der Waals surface area contributed by atoms with E-state index < -0.39 is 11.9 Å². The van der Waals surface area contributed by atoms with Crippen LogP contribution in [0.4, 0.5) is 0 Å². The summed E-state index contributed by atoms with van der Waals surface area (Å²) in [6, 6.07) is 0. The first-order valence-electron chi connectivity index (χ1n) is 4.19. The van der Waals surface area contributed by atoms with Crippen LogP contribution in [0.5, 0.6) is 0 Å². The van der Waals surface area contributed by atoms with Crippen LogP contribution in [0.2, 0.25) is 0 Å². The molecule has 0 aliphatic carbocycles. The van der Waals surface area contributed by atoms with Crippen molar-refractivity contribution >= 4 is 18.2 Å². The lowest BCUT2D eigenvalue weighted by atomic mass is 10.5. The Hall–Kier alpha value is -1.65. The standard InChI is InChI=1S/C9H12O5/c1-3-8(11)13-6-7(5-10)14-9(12)4-2/h5-6H,3-4H2,1-2H3/b7-6-. The van der Waals surface area contributed by atoms with Crippen molar-refractivity contribution < 1.29 is 23.9 Å². The van der Waals surface area contributed by atoms with E-state index in [9.17, 15) is 14.4 Å². The predicted octanol–water partition coefficient (Wildman–Crippen LogP) is 0.933. The molecule has 0 atom stereocenters. The average Bonchev–Trinajstić information content (AvgIpc) is 2.22. The molecular formula is C9H12O5. The summed E-state index contributed by atoms with van der Waals surface area (Å²) in [6.45, 7) is 3.19. The van der Waals surface area contributed by atoms with Gasteiger partial charge in [0.15, 0.2) is 6.29 Å². The molecule has 0 aliphatic rings. The Morgan fingerprint density at radius 1 is 1.14 bits per heavy atom. The van der Waals surface area contributed by atoms with Gasteiger partial charge in [-0.05, 0) is 0 Å². The molecule has 0 saturated heterocycles. The monoisotopic (exact) mass is 200 g/mol. The maximum absolute atomic E-state index is 10.7. The molecule has 0 amide bonds. The van der Waals surface area contributed by atoms with Crippen LogP contribution in [0.25, 0.3) is 0 Å². The summed E-state index contributed by atoms with van der Waals surface area (Å²) in [5.41, 5.74) is 0. The molecule has 0 aliphatic heterocycles. The van der Waals surface area contributed by atoms with E-state index in [1.54, 1.807) is 13.8 Å². The number of aldehydes is 1. The number of hydrogen-bond donors (Lipinski definition) is 0. The minimum Gasteiger partial charge on any atom is -0.430 e. The number of esters is 2. The molecule has 0 radical (unpaired) electrons. The van der Waals surface area contributed by atoms with Crippen LogP contribution in [0, 0.1) is 0 Å². The van der Waals surface area contributed by atoms with Crippen molar-refractivity contribution in [2.24, 2.45) is 0 Å². The van der Waals surface area contributed by atoms with Crippen molar-refractivity contribution in [3.05, 3.63) is 12.0 Å². The average molecular weight is 200 g/mol. The van der Waals surface area contributed by atoms with Gasteiger partial charge in [0.2, 0.25) is 5.76 Å². The molecule has 0 spiro atoms. The van der Waals surface area contributed by atoms with E-state index in [0.29, 0.717) is 6.29 Å². The Morgan fingerprint density at radius 3 is 2.14 bits per heavy atom. The van der Waals surface area contributed by atoms with E-state index in [1.807, 2.05) is 0 Å². The van der Waals surface area contributed by atoms with Crippen molar-refractivity contribution in [2.75, 3.05) is 0 Å². The molecule has 0 saturated carbocycles. The molecule has 0 aromatic carbocycles. The Bertz CT molecular complexity index is 254. The Kier molecular flexibility index (Phi) is 6.02. The molecule has 78 valence electrons. The third-order valence-corrected chi connectivity index (χ3v) is 1.23. The molecule has 0 rings (SSSR count). The second kappa shape index (κ2) is 6.82. The molecule has 0 heterocycles.